The van der Waals surface area contributed by atoms with Gasteiger partial charge in [0.15, 0.2) is 9.84 Å². The van der Waals surface area contributed by atoms with Crippen molar-refractivity contribution < 1.29 is 13.2 Å². The Hall–Kier alpha value is -2.25. The second kappa shape index (κ2) is 7.05. The van der Waals surface area contributed by atoms with E-state index in [1.165, 1.54) is 12.1 Å². The van der Waals surface area contributed by atoms with E-state index in [-0.39, 0.29) is 16.8 Å². The minimum absolute atomic E-state index is 0.0643. The van der Waals surface area contributed by atoms with Crippen molar-refractivity contribution in [2.24, 2.45) is 0 Å². The van der Waals surface area contributed by atoms with Crippen LogP contribution in [0.4, 0.5) is 0 Å². The second-order valence-corrected chi connectivity index (χ2v) is 9.91. The van der Waals surface area contributed by atoms with Crippen LogP contribution in [0.1, 0.15) is 40.7 Å². The molecule has 1 unspecified atom stereocenters. The lowest BCUT2D eigenvalue weighted by atomic mass is 10.0. The summed E-state index contributed by atoms with van der Waals surface area (Å²) in [6.45, 7) is 0.655. The second-order valence-electron chi connectivity index (χ2n) is 6.83. The van der Waals surface area contributed by atoms with Crippen molar-refractivity contribution in [3.8, 4) is 0 Å². The van der Waals surface area contributed by atoms with Gasteiger partial charge in [-0.2, -0.15) is 0 Å². The van der Waals surface area contributed by atoms with Gasteiger partial charge in [-0.1, -0.05) is 18.2 Å². The SMILES string of the molecule is CS(=O)(=O)c1cccc(C(=O)N2CCCCC2c2nc3ccccc3s2)c1. The molecule has 1 aliphatic heterocycles. The molecule has 1 atom stereocenters. The maximum atomic E-state index is 13.2. The van der Waals surface area contributed by atoms with Gasteiger partial charge in [0, 0.05) is 18.4 Å². The maximum absolute atomic E-state index is 13.2. The Kier molecular flexibility index (Phi) is 4.74. The predicted molar refractivity (Wildman–Crippen MR) is 107 cm³/mol. The molecule has 4 rings (SSSR count). The van der Waals surface area contributed by atoms with Crippen LogP contribution in [0.5, 0.6) is 0 Å². The first kappa shape index (κ1) is 18.1. The summed E-state index contributed by atoms with van der Waals surface area (Å²) < 4.78 is 24.8. The van der Waals surface area contributed by atoms with E-state index in [9.17, 15) is 13.2 Å². The fraction of sp³-hybridized carbons (Fsp3) is 0.300. The third kappa shape index (κ3) is 3.61. The van der Waals surface area contributed by atoms with Gasteiger partial charge in [0.1, 0.15) is 5.01 Å². The number of sulfone groups is 1. The highest BCUT2D eigenvalue weighted by Crippen LogP contribution is 2.36. The molecule has 0 bridgehead atoms. The molecule has 140 valence electrons. The van der Waals surface area contributed by atoms with E-state index in [1.807, 2.05) is 29.2 Å². The number of benzene rings is 2. The molecule has 2 heterocycles. The standard InChI is InChI=1S/C20H20N2O3S2/c1-27(24,25)15-8-6-7-14(13-15)20(23)22-12-5-4-10-17(22)19-21-16-9-2-3-11-18(16)26-19/h2-3,6-9,11,13,17H,4-5,10,12H2,1H3. The van der Waals surface area contributed by atoms with Gasteiger partial charge in [0.05, 0.1) is 21.2 Å². The van der Waals surface area contributed by atoms with Crippen molar-refractivity contribution in [1.29, 1.82) is 0 Å². The molecule has 1 fully saturated rings. The van der Waals surface area contributed by atoms with Crippen LogP contribution in [0, 0.1) is 0 Å². The summed E-state index contributed by atoms with van der Waals surface area (Å²) >= 11 is 1.63. The molecular formula is C20H20N2O3S2. The minimum atomic E-state index is -3.35. The summed E-state index contributed by atoms with van der Waals surface area (Å²) in [6.07, 6.45) is 4.02. The number of likely N-dealkylation sites (tertiary alicyclic amines) is 1. The average molecular weight is 401 g/mol. The van der Waals surface area contributed by atoms with Crippen molar-refractivity contribution in [3.05, 3.63) is 59.1 Å². The zero-order chi connectivity index (χ0) is 19.0. The molecule has 2 aromatic carbocycles. The molecule has 0 N–H and O–H groups in total. The van der Waals surface area contributed by atoms with Crippen molar-refractivity contribution in [2.45, 2.75) is 30.2 Å². The summed E-state index contributed by atoms with van der Waals surface area (Å²) in [4.78, 5) is 20.0. The molecule has 27 heavy (non-hydrogen) atoms. The minimum Gasteiger partial charge on any atom is -0.329 e. The topological polar surface area (TPSA) is 67.3 Å². The van der Waals surface area contributed by atoms with E-state index in [0.717, 1.165) is 40.7 Å². The normalized spacial score (nSPS) is 18.0. The Bertz CT molecular complexity index is 1070. The molecule has 1 aliphatic rings. The molecule has 0 saturated carbocycles. The van der Waals surface area contributed by atoms with E-state index in [1.54, 1.807) is 23.5 Å². The number of para-hydroxylation sites is 1. The van der Waals surface area contributed by atoms with Crippen LogP contribution < -0.4 is 0 Å². The zero-order valence-corrected chi connectivity index (χ0v) is 16.6. The molecule has 0 spiro atoms. The number of carbonyl (C=O) groups excluding carboxylic acids is 1. The number of hydrogen-bond donors (Lipinski definition) is 0. The van der Waals surface area contributed by atoms with Crippen molar-refractivity contribution in [1.82, 2.24) is 9.88 Å². The van der Waals surface area contributed by atoms with Crippen LogP contribution in [0.25, 0.3) is 10.2 Å². The average Bonchev–Trinajstić information content (AvgIpc) is 3.11. The fourth-order valence-corrected chi connectivity index (χ4v) is 5.27. The fourth-order valence-electron chi connectivity index (χ4n) is 3.49. The first-order valence-corrected chi connectivity index (χ1v) is 11.6. The number of rotatable bonds is 3. The van der Waals surface area contributed by atoms with Gasteiger partial charge in [0.25, 0.3) is 5.91 Å². The van der Waals surface area contributed by atoms with Gasteiger partial charge in [-0.3, -0.25) is 4.79 Å². The molecule has 7 heteroatoms. The lowest BCUT2D eigenvalue weighted by molar-refractivity contribution is 0.0611. The third-order valence-corrected chi connectivity index (χ3v) is 7.12. The molecule has 1 saturated heterocycles. The maximum Gasteiger partial charge on any atom is 0.254 e. The van der Waals surface area contributed by atoms with E-state index in [0.29, 0.717) is 12.1 Å². The summed E-state index contributed by atoms with van der Waals surface area (Å²) in [5.41, 5.74) is 1.36. The van der Waals surface area contributed by atoms with Crippen LogP contribution >= 0.6 is 11.3 Å². The molecule has 0 aliphatic carbocycles. The molecule has 0 radical (unpaired) electrons. The van der Waals surface area contributed by atoms with Crippen molar-refractivity contribution in [2.75, 3.05) is 12.8 Å². The molecular weight excluding hydrogens is 380 g/mol. The first-order valence-electron chi connectivity index (χ1n) is 8.90. The number of fused-ring (bicyclic) bond motifs is 1. The zero-order valence-electron chi connectivity index (χ0n) is 15.0. The largest absolute Gasteiger partial charge is 0.329 e. The van der Waals surface area contributed by atoms with Gasteiger partial charge in [-0.25, -0.2) is 13.4 Å². The van der Waals surface area contributed by atoms with Crippen LogP contribution in [-0.2, 0) is 9.84 Å². The molecule has 1 amide bonds. The van der Waals surface area contributed by atoms with Crippen LogP contribution in [0.3, 0.4) is 0 Å². The van der Waals surface area contributed by atoms with Gasteiger partial charge in [0.2, 0.25) is 0 Å². The first-order chi connectivity index (χ1) is 12.9. The van der Waals surface area contributed by atoms with E-state index < -0.39 is 9.84 Å². The Balaban J connectivity index is 1.69. The van der Waals surface area contributed by atoms with E-state index >= 15 is 0 Å². The summed E-state index contributed by atoms with van der Waals surface area (Å²) in [5, 5.41) is 0.948. The lowest BCUT2D eigenvalue weighted by Gasteiger charge is -2.34. The number of amides is 1. The Morgan fingerprint density at radius 1 is 1.15 bits per heavy atom. The number of carbonyl (C=O) groups is 1. The monoisotopic (exact) mass is 400 g/mol. The third-order valence-electron chi connectivity index (χ3n) is 4.87. The Morgan fingerprint density at radius 3 is 2.74 bits per heavy atom. The number of nitrogens with zero attached hydrogens (tertiary/aromatic N) is 2. The number of aromatic nitrogens is 1. The lowest BCUT2D eigenvalue weighted by Crippen LogP contribution is -2.38. The number of thiazole rings is 1. The van der Waals surface area contributed by atoms with Crippen LogP contribution in [0.15, 0.2) is 53.4 Å². The predicted octanol–water partition coefficient (Wildman–Crippen LogP) is 4.07. The highest BCUT2D eigenvalue weighted by Gasteiger charge is 2.31. The highest BCUT2D eigenvalue weighted by molar-refractivity contribution is 7.90. The van der Waals surface area contributed by atoms with Crippen LogP contribution in [-0.4, -0.2) is 37.0 Å². The quantitative estimate of drug-likeness (QED) is 0.665. The Labute approximate surface area is 162 Å². The van der Waals surface area contributed by atoms with Crippen LogP contribution in [0.2, 0.25) is 0 Å². The van der Waals surface area contributed by atoms with Crippen molar-refractivity contribution >= 4 is 37.3 Å². The molecule has 5 nitrogen and oxygen atoms in total. The van der Waals surface area contributed by atoms with Gasteiger partial charge < -0.3 is 4.90 Å². The molecule has 1 aromatic heterocycles. The smallest absolute Gasteiger partial charge is 0.254 e. The number of hydrogen-bond acceptors (Lipinski definition) is 5. The van der Waals surface area contributed by atoms with Gasteiger partial charge in [-0.15, -0.1) is 11.3 Å². The summed E-state index contributed by atoms with van der Waals surface area (Å²) in [7, 11) is -3.35. The van der Waals surface area contributed by atoms with Crippen molar-refractivity contribution in [3.63, 3.8) is 0 Å². The Morgan fingerprint density at radius 2 is 1.96 bits per heavy atom. The van der Waals surface area contributed by atoms with E-state index in [2.05, 4.69) is 0 Å². The highest BCUT2D eigenvalue weighted by atomic mass is 32.2. The van der Waals surface area contributed by atoms with E-state index in [4.69, 9.17) is 4.98 Å². The molecule has 3 aromatic rings. The number of piperidine rings is 1. The van der Waals surface area contributed by atoms with Gasteiger partial charge in [-0.05, 0) is 49.6 Å². The summed E-state index contributed by atoms with van der Waals surface area (Å²) in [5.74, 6) is -0.135. The van der Waals surface area contributed by atoms with Gasteiger partial charge >= 0.3 is 0 Å². The summed E-state index contributed by atoms with van der Waals surface area (Å²) in [6, 6.07) is 14.2.